The van der Waals surface area contributed by atoms with E-state index in [1.165, 1.54) is 12.1 Å². The van der Waals surface area contributed by atoms with Crippen molar-refractivity contribution in [2.75, 3.05) is 11.0 Å². The summed E-state index contributed by atoms with van der Waals surface area (Å²) in [6.45, 7) is 0. The van der Waals surface area contributed by atoms with Crippen molar-refractivity contribution < 1.29 is 21.0 Å². The van der Waals surface area contributed by atoms with Gasteiger partial charge >= 0.3 is 10.3 Å². The van der Waals surface area contributed by atoms with Crippen LogP contribution in [-0.2, 0) is 20.3 Å². The molecule has 118 valence electrons. The highest BCUT2D eigenvalue weighted by Crippen LogP contribution is 2.29. The smallest absolute Gasteiger partial charge is 0.371 e. The Morgan fingerprint density at radius 3 is 2.09 bits per heavy atom. The largest absolute Gasteiger partial charge is 0.380 e. The van der Waals surface area contributed by atoms with Gasteiger partial charge in [0.2, 0.25) is 10.0 Å². The molecule has 0 aliphatic carbocycles. The van der Waals surface area contributed by atoms with Crippen LogP contribution in [0.1, 0.15) is 0 Å². The van der Waals surface area contributed by atoms with Gasteiger partial charge in [0.25, 0.3) is 0 Å². The van der Waals surface area contributed by atoms with Gasteiger partial charge in [-0.1, -0.05) is 30.3 Å². The number of nitrogens with one attached hydrogen (secondary N) is 1. The van der Waals surface area contributed by atoms with Gasteiger partial charge in [-0.15, -0.1) is 0 Å². The molecule has 0 aliphatic rings. The minimum absolute atomic E-state index is 0.0693. The van der Waals surface area contributed by atoms with Gasteiger partial charge < -0.3 is 4.18 Å². The first-order chi connectivity index (χ1) is 10.1. The topological polar surface area (TPSA) is 116 Å². The van der Waals surface area contributed by atoms with Crippen LogP contribution >= 0.6 is 0 Å². The molecule has 0 amide bonds. The zero-order valence-corrected chi connectivity index (χ0v) is 13.2. The average molecular weight is 342 g/mol. The van der Waals surface area contributed by atoms with E-state index in [9.17, 15) is 16.8 Å². The second kappa shape index (κ2) is 5.95. The van der Waals surface area contributed by atoms with Crippen molar-refractivity contribution in [3.05, 3.63) is 48.5 Å². The maximum Gasteiger partial charge on any atom is 0.380 e. The van der Waals surface area contributed by atoms with Gasteiger partial charge in [-0.3, -0.25) is 4.72 Å². The summed E-state index contributed by atoms with van der Waals surface area (Å²) in [5.74, 6) is 0.0693. The summed E-state index contributed by atoms with van der Waals surface area (Å²) in [4.78, 5) is 0. The number of para-hydroxylation sites is 1. The minimum Gasteiger partial charge on any atom is -0.371 e. The number of nitrogens with two attached hydrogens (primary N) is 1. The lowest BCUT2D eigenvalue weighted by atomic mass is 10.0. The van der Waals surface area contributed by atoms with Crippen LogP contribution in [0, 0.1) is 0 Å². The van der Waals surface area contributed by atoms with Crippen molar-refractivity contribution in [3.8, 4) is 16.9 Å². The van der Waals surface area contributed by atoms with E-state index in [4.69, 9.17) is 5.14 Å². The lowest BCUT2D eigenvalue weighted by Gasteiger charge is -2.11. The molecule has 0 saturated heterocycles. The van der Waals surface area contributed by atoms with Crippen molar-refractivity contribution >= 4 is 26.0 Å². The second-order valence-corrected chi connectivity index (χ2v) is 7.42. The zero-order valence-electron chi connectivity index (χ0n) is 11.6. The van der Waals surface area contributed by atoms with E-state index in [2.05, 4.69) is 8.91 Å². The maximum absolute atomic E-state index is 11.4. The fourth-order valence-corrected chi connectivity index (χ4v) is 2.80. The summed E-state index contributed by atoms with van der Waals surface area (Å²) in [6.07, 6.45) is 1.06. The molecule has 3 N–H and O–H groups in total. The molecule has 2 aromatic rings. The molecule has 0 spiro atoms. The molecule has 0 fully saturated rings. The van der Waals surface area contributed by atoms with Crippen LogP contribution in [0.3, 0.4) is 0 Å². The molecule has 2 aromatic carbocycles. The average Bonchev–Trinajstić information content (AvgIpc) is 2.37. The molecule has 0 unspecified atom stereocenters. The van der Waals surface area contributed by atoms with Crippen molar-refractivity contribution in [1.29, 1.82) is 0 Å². The van der Waals surface area contributed by atoms with Crippen molar-refractivity contribution in [2.24, 2.45) is 5.14 Å². The van der Waals surface area contributed by atoms with E-state index < -0.39 is 20.3 Å². The van der Waals surface area contributed by atoms with Gasteiger partial charge in [0.05, 0.1) is 11.9 Å². The summed E-state index contributed by atoms with van der Waals surface area (Å²) >= 11 is 0. The van der Waals surface area contributed by atoms with E-state index in [1.54, 1.807) is 36.4 Å². The standard InChI is InChI=1S/C13H14N2O5S2/c1-21(16,17)15-13-5-3-2-4-12(13)10-6-8-11(9-7-10)20-22(14,18)19/h2-9,15H,1H3,(H2,14,18,19). The molecule has 0 saturated carbocycles. The molecule has 22 heavy (non-hydrogen) atoms. The summed E-state index contributed by atoms with van der Waals surface area (Å²) in [7, 11) is -7.49. The van der Waals surface area contributed by atoms with E-state index in [1.807, 2.05) is 0 Å². The second-order valence-electron chi connectivity index (χ2n) is 4.52. The van der Waals surface area contributed by atoms with Crippen molar-refractivity contribution in [2.45, 2.75) is 0 Å². The third kappa shape index (κ3) is 4.72. The number of hydrogen-bond acceptors (Lipinski definition) is 5. The van der Waals surface area contributed by atoms with Crippen LogP contribution in [0.5, 0.6) is 5.75 Å². The minimum atomic E-state index is -4.08. The van der Waals surface area contributed by atoms with Gasteiger partial charge in [0.15, 0.2) is 0 Å². The van der Waals surface area contributed by atoms with Crippen LogP contribution in [-0.4, -0.2) is 23.1 Å². The summed E-state index contributed by atoms with van der Waals surface area (Å²) in [5.41, 5.74) is 1.76. The molecule has 7 nitrogen and oxygen atoms in total. The number of hydrogen-bond donors (Lipinski definition) is 2. The van der Waals surface area contributed by atoms with Crippen LogP contribution in [0.25, 0.3) is 11.1 Å². The van der Waals surface area contributed by atoms with Crippen LogP contribution in [0.4, 0.5) is 5.69 Å². The first-order valence-corrected chi connectivity index (χ1v) is 9.40. The lowest BCUT2D eigenvalue weighted by molar-refractivity contribution is 0.488. The van der Waals surface area contributed by atoms with E-state index in [0.717, 1.165) is 6.26 Å². The number of rotatable bonds is 5. The van der Waals surface area contributed by atoms with Gasteiger partial charge in [-0.2, -0.15) is 13.6 Å². The van der Waals surface area contributed by atoms with E-state index in [0.29, 0.717) is 16.8 Å². The number of sulfonamides is 1. The van der Waals surface area contributed by atoms with Crippen LogP contribution in [0.2, 0.25) is 0 Å². The first-order valence-electron chi connectivity index (χ1n) is 6.03. The third-order valence-electron chi connectivity index (χ3n) is 2.60. The highest BCUT2D eigenvalue weighted by atomic mass is 32.2. The first kappa shape index (κ1) is 16.3. The summed E-state index contributed by atoms with van der Waals surface area (Å²) in [5, 5.41) is 4.78. The molecule has 0 aliphatic heterocycles. The SMILES string of the molecule is CS(=O)(=O)Nc1ccccc1-c1ccc(OS(N)(=O)=O)cc1. The lowest BCUT2D eigenvalue weighted by Crippen LogP contribution is -2.18. The highest BCUT2D eigenvalue weighted by Gasteiger charge is 2.10. The van der Waals surface area contributed by atoms with E-state index >= 15 is 0 Å². The number of benzene rings is 2. The number of anilines is 1. The molecule has 0 aromatic heterocycles. The zero-order chi connectivity index (χ0) is 16.4. The van der Waals surface area contributed by atoms with Gasteiger partial charge in [0, 0.05) is 5.56 Å². The van der Waals surface area contributed by atoms with Gasteiger partial charge in [-0.25, -0.2) is 8.42 Å². The Hall–Kier alpha value is -2.10. The fourth-order valence-electron chi connectivity index (χ4n) is 1.85. The maximum atomic E-state index is 11.4. The predicted octanol–water partition coefficient (Wildman–Crippen LogP) is 1.31. The summed E-state index contributed by atoms with van der Waals surface area (Å²) < 4.78 is 51.4. The Morgan fingerprint density at radius 2 is 1.55 bits per heavy atom. The Labute approximate surface area is 129 Å². The Balaban J connectivity index is 2.37. The molecule has 0 bridgehead atoms. The Bertz CT molecular complexity index is 875. The van der Waals surface area contributed by atoms with Crippen LogP contribution < -0.4 is 14.0 Å². The summed E-state index contributed by atoms with van der Waals surface area (Å²) in [6, 6.07) is 12.9. The molecule has 9 heteroatoms. The molecule has 0 heterocycles. The third-order valence-corrected chi connectivity index (χ3v) is 3.62. The quantitative estimate of drug-likeness (QED) is 0.850. The van der Waals surface area contributed by atoms with Crippen molar-refractivity contribution in [1.82, 2.24) is 0 Å². The predicted molar refractivity (Wildman–Crippen MR) is 84.1 cm³/mol. The normalized spacial score (nSPS) is 11.9. The van der Waals surface area contributed by atoms with E-state index in [-0.39, 0.29) is 5.75 Å². The molecule has 0 atom stereocenters. The van der Waals surface area contributed by atoms with Crippen molar-refractivity contribution in [3.63, 3.8) is 0 Å². The highest BCUT2D eigenvalue weighted by molar-refractivity contribution is 7.92. The molecular weight excluding hydrogens is 328 g/mol. The fraction of sp³-hybridized carbons (Fsp3) is 0.0769. The molecule has 2 rings (SSSR count). The molecular formula is C13H14N2O5S2. The monoisotopic (exact) mass is 342 g/mol. The van der Waals surface area contributed by atoms with Crippen LogP contribution in [0.15, 0.2) is 48.5 Å². The Morgan fingerprint density at radius 1 is 0.955 bits per heavy atom. The molecule has 0 radical (unpaired) electrons. The van der Waals surface area contributed by atoms with Gasteiger partial charge in [0.1, 0.15) is 5.75 Å². The Kier molecular flexibility index (Phi) is 4.40. The van der Waals surface area contributed by atoms with Gasteiger partial charge in [-0.05, 0) is 23.8 Å².